The van der Waals surface area contributed by atoms with E-state index in [1.165, 1.54) is 27.9 Å². The van der Waals surface area contributed by atoms with Crippen LogP contribution >= 0.6 is 0 Å². The van der Waals surface area contributed by atoms with Crippen molar-refractivity contribution in [3.05, 3.63) is 64.7 Å². The first kappa shape index (κ1) is 19.2. The molecule has 0 bridgehead atoms. The molecule has 1 saturated heterocycles. The van der Waals surface area contributed by atoms with Crippen molar-refractivity contribution in [1.29, 1.82) is 0 Å². The molecule has 1 N–H and O–H groups in total. The van der Waals surface area contributed by atoms with Gasteiger partial charge in [-0.05, 0) is 73.9 Å². The van der Waals surface area contributed by atoms with E-state index in [4.69, 9.17) is 0 Å². The van der Waals surface area contributed by atoms with E-state index >= 15 is 0 Å². The monoisotopic (exact) mass is 398 g/mol. The highest BCUT2D eigenvalue weighted by atomic mass is 32.2. The highest BCUT2D eigenvalue weighted by molar-refractivity contribution is 7.89. The van der Waals surface area contributed by atoms with Crippen LogP contribution in [0.2, 0.25) is 0 Å². The fraction of sp³-hybridized carbons (Fsp3) is 0.409. The maximum atomic E-state index is 12.8. The summed E-state index contributed by atoms with van der Waals surface area (Å²) in [5.41, 5.74) is 4.22. The summed E-state index contributed by atoms with van der Waals surface area (Å²) in [4.78, 5) is 12.9. The molecule has 2 aromatic rings. The summed E-state index contributed by atoms with van der Waals surface area (Å²) in [7, 11) is -3.53. The molecule has 6 heteroatoms. The van der Waals surface area contributed by atoms with Crippen LogP contribution in [-0.2, 0) is 22.9 Å². The molecule has 148 valence electrons. The molecule has 1 unspecified atom stereocenters. The Hall–Kier alpha value is -2.18. The second-order valence-electron chi connectivity index (χ2n) is 7.72. The summed E-state index contributed by atoms with van der Waals surface area (Å²) >= 11 is 0. The summed E-state index contributed by atoms with van der Waals surface area (Å²) in [6.07, 6.45) is 5.20. The molecule has 0 aromatic heterocycles. The van der Waals surface area contributed by atoms with Gasteiger partial charge in [-0.1, -0.05) is 24.3 Å². The Labute approximate surface area is 166 Å². The molecular formula is C22H26N2O3S. The Kier molecular flexibility index (Phi) is 5.25. The highest BCUT2D eigenvalue weighted by Gasteiger charge is 2.27. The normalized spacial score (nSPS) is 18.0. The first-order valence-electron chi connectivity index (χ1n) is 9.98. The van der Waals surface area contributed by atoms with Gasteiger partial charge < -0.3 is 5.32 Å². The van der Waals surface area contributed by atoms with Crippen LogP contribution in [0.3, 0.4) is 0 Å². The van der Waals surface area contributed by atoms with Crippen LogP contribution in [0.25, 0.3) is 0 Å². The topological polar surface area (TPSA) is 66.5 Å². The van der Waals surface area contributed by atoms with Gasteiger partial charge in [-0.3, -0.25) is 4.79 Å². The third-order valence-electron chi connectivity index (χ3n) is 5.77. The third-order valence-corrected chi connectivity index (χ3v) is 7.66. The smallest absolute Gasteiger partial charge is 0.251 e. The molecule has 4 rings (SSSR count). The Morgan fingerprint density at radius 3 is 2.54 bits per heavy atom. The number of rotatable bonds is 5. The van der Waals surface area contributed by atoms with E-state index in [1.807, 2.05) is 6.92 Å². The lowest BCUT2D eigenvalue weighted by Gasteiger charge is -2.17. The van der Waals surface area contributed by atoms with Gasteiger partial charge in [0.15, 0.2) is 0 Å². The van der Waals surface area contributed by atoms with Crippen molar-refractivity contribution in [3.8, 4) is 0 Å². The number of hydrogen-bond donors (Lipinski definition) is 1. The highest BCUT2D eigenvalue weighted by Crippen LogP contribution is 2.26. The molecule has 2 aromatic carbocycles. The SMILES string of the molecule is CC(NC(=O)c1cccc(S(=O)(=O)N2CCCC2)c1)c1ccc2c(c1)CCC2. The van der Waals surface area contributed by atoms with Crippen molar-refractivity contribution in [1.82, 2.24) is 9.62 Å². The molecule has 5 nitrogen and oxygen atoms in total. The number of benzene rings is 2. The van der Waals surface area contributed by atoms with Gasteiger partial charge in [-0.2, -0.15) is 4.31 Å². The van der Waals surface area contributed by atoms with Gasteiger partial charge in [-0.15, -0.1) is 0 Å². The van der Waals surface area contributed by atoms with Crippen LogP contribution in [0.5, 0.6) is 0 Å². The molecule has 28 heavy (non-hydrogen) atoms. The number of carbonyl (C=O) groups is 1. The standard InChI is InChI=1S/C22H26N2O3S/c1-16(18-11-10-17-6-4-7-19(17)14-18)23-22(25)20-8-5-9-21(15-20)28(26,27)24-12-2-3-13-24/h5,8-11,14-16H,2-4,6-7,12-13H2,1H3,(H,23,25). The van der Waals surface area contributed by atoms with E-state index in [2.05, 4.69) is 23.5 Å². The van der Waals surface area contributed by atoms with E-state index in [-0.39, 0.29) is 16.8 Å². The maximum Gasteiger partial charge on any atom is 0.251 e. The van der Waals surface area contributed by atoms with Crippen molar-refractivity contribution in [2.75, 3.05) is 13.1 Å². The summed E-state index contributed by atoms with van der Waals surface area (Å²) in [5.74, 6) is -0.258. The summed E-state index contributed by atoms with van der Waals surface area (Å²) in [5, 5.41) is 3.00. The second-order valence-corrected chi connectivity index (χ2v) is 9.65. The van der Waals surface area contributed by atoms with Gasteiger partial charge in [0.1, 0.15) is 0 Å². The van der Waals surface area contributed by atoms with Gasteiger partial charge in [0.05, 0.1) is 10.9 Å². The average molecular weight is 399 g/mol. The molecule has 1 heterocycles. The van der Waals surface area contributed by atoms with Gasteiger partial charge in [0, 0.05) is 18.7 Å². The Morgan fingerprint density at radius 1 is 1.00 bits per heavy atom. The number of carbonyl (C=O) groups excluding carboxylic acids is 1. The molecule has 0 saturated carbocycles. The minimum Gasteiger partial charge on any atom is -0.346 e. The number of hydrogen-bond acceptors (Lipinski definition) is 3. The van der Waals surface area contributed by atoms with E-state index < -0.39 is 10.0 Å². The predicted molar refractivity (Wildman–Crippen MR) is 109 cm³/mol. The van der Waals surface area contributed by atoms with E-state index in [0.29, 0.717) is 18.7 Å². The van der Waals surface area contributed by atoms with Crippen LogP contribution in [0.1, 0.15) is 59.3 Å². The number of fused-ring (bicyclic) bond motifs is 1. The number of amides is 1. The molecule has 1 aliphatic heterocycles. The first-order chi connectivity index (χ1) is 13.4. The molecule has 1 aliphatic carbocycles. The van der Waals surface area contributed by atoms with Gasteiger partial charge in [-0.25, -0.2) is 8.42 Å². The molecular weight excluding hydrogens is 372 g/mol. The van der Waals surface area contributed by atoms with Crippen molar-refractivity contribution in [2.45, 2.75) is 50.0 Å². The van der Waals surface area contributed by atoms with E-state index in [1.54, 1.807) is 18.2 Å². The van der Waals surface area contributed by atoms with Gasteiger partial charge in [0.25, 0.3) is 5.91 Å². The molecule has 0 radical (unpaired) electrons. The zero-order valence-electron chi connectivity index (χ0n) is 16.1. The third kappa shape index (κ3) is 3.71. The van der Waals surface area contributed by atoms with Crippen LogP contribution in [-0.4, -0.2) is 31.7 Å². The number of nitrogens with zero attached hydrogens (tertiary/aromatic N) is 1. The van der Waals surface area contributed by atoms with Crippen LogP contribution < -0.4 is 5.32 Å². The summed E-state index contributed by atoms with van der Waals surface area (Å²) in [6.45, 7) is 3.06. The maximum absolute atomic E-state index is 12.8. The molecule has 1 amide bonds. The van der Waals surface area contributed by atoms with Crippen molar-refractivity contribution < 1.29 is 13.2 Å². The zero-order valence-corrected chi connectivity index (χ0v) is 17.0. The zero-order chi connectivity index (χ0) is 19.7. The lowest BCUT2D eigenvalue weighted by atomic mass is 10.0. The molecule has 2 aliphatic rings. The minimum atomic E-state index is -3.53. The van der Waals surface area contributed by atoms with Crippen LogP contribution in [0, 0.1) is 0 Å². The minimum absolute atomic E-state index is 0.141. The Balaban J connectivity index is 1.50. The van der Waals surface area contributed by atoms with Gasteiger partial charge >= 0.3 is 0 Å². The largest absolute Gasteiger partial charge is 0.346 e. The predicted octanol–water partition coefficient (Wildman–Crippen LogP) is 3.45. The van der Waals surface area contributed by atoms with E-state index in [9.17, 15) is 13.2 Å². The van der Waals surface area contributed by atoms with Crippen molar-refractivity contribution in [2.24, 2.45) is 0 Å². The number of aryl methyl sites for hydroxylation is 2. The molecule has 1 fully saturated rings. The summed E-state index contributed by atoms with van der Waals surface area (Å²) in [6, 6.07) is 12.6. The average Bonchev–Trinajstić information content (AvgIpc) is 3.39. The lowest BCUT2D eigenvalue weighted by molar-refractivity contribution is 0.0939. The Bertz CT molecular complexity index is 995. The summed E-state index contributed by atoms with van der Waals surface area (Å²) < 4.78 is 27.0. The van der Waals surface area contributed by atoms with Crippen LogP contribution in [0.4, 0.5) is 0 Å². The first-order valence-corrected chi connectivity index (χ1v) is 11.4. The van der Waals surface area contributed by atoms with Crippen LogP contribution in [0.15, 0.2) is 47.4 Å². The molecule has 0 spiro atoms. The lowest BCUT2D eigenvalue weighted by Crippen LogP contribution is -2.29. The van der Waals surface area contributed by atoms with Crippen molar-refractivity contribution >= 4 is 15.9 Å². The molecule has 1 atom stereocenters. The fourth-order valence-electron chi connectivity index (χ4n) is 4.10. The van der Waals surface area contributed by atoms with E-state index in [0.717, 1.165) is 31.2 Å². The second kappa shape index (κ2) is 7.68. The quantitative estimate of drug-likeness (QED) is 0.839. The fourth-order valence-corrected chi connectivity index (χ4v) is 5.66. The Morgan fingerprint density at radius 2 is 1.75 bits per heavy atom. The van der Waals surface area contributed by atoms with Gasteiger partial charge in [0.2, 0.25) is 10.0 Å². The number of sulfonamides is 1. The van der Waals surface area contributed by atoms with Crippen molar-refractivity contribution in [3.63, 3.8) is 0 Å². The number of nitrogens with one attached hydrogen (secondary N) is 1.